The molecule has 2 unspecified atom stereocenters. The number of piperidine rings is 1. The maximum absolute atomic E-state index is 11.7. The summed E-state index contributed by atoms with van der Waals surface area (Å²) in [6.45, 7) is 4.37. The van der Waals surface area contributed by atoms with Gasteiger partial charge in [-0.3, -0.25) is 4.79 Å². The average molecular weight is 230 g/mol. The van der Waals surface area contributed by atoms with E-state index in [0.717, 1.165) is 19.4 Å². The lowest BCUT2D eigenvalue weighted by Crippen LogP contribution is -2.43. The van der Waals surface area contributed by atoms with Gasteiger partial charge in [-0.15, -0.1) is 0 Å². The molecule has 0 aromatic rings. The normalized spacial score (nSPS) is 25.4. The van der Waals surface area contributed by atoms with Crippen molar-refractivity contribution < 1.29 is 14.6 Å². The van der Waals surface area contributed by atoms with Gasteiger partial charge < -0.3 is 20.5 Å². The van der Waals surface area contributed by atoms with Crippen molar-refractivity contribution in [3.05, 3.63) is 0 Å². The molecule has 1 rings (SSSR count). The molecule has 5 heteroatoms. The molecule has 94 valence electrons. The van der Waals surface area contributed by atoms with Crippen LogP contribution in [0.3, 0.4) is 0 Å². The minimum Gasteiger partial charge on any atom is -0.394 e. The van der Waals surface area contributed by atoms with E-state index in [0.29, 0.717) is 25.8 Å². The Labute approximate surface area is 96.6 Å². The summed E-state index contributed by atoms with van der Waals surface area (Å²) in [5.41, 5.74) is 0. The molecule has 16 heavy (non-hydrogen) atoms. The number of amides is 1. The van der Waals surface area contributed by atoms with Crippen LogP contribution in [0.4, 0.5) is 0 Å². The Bertz CT molecular complexity index is 211. The first-order chi connectivity index (χ1) is 7.74. The molecule has 5 nitrogen and oxygen atoms in total. The molecule has 3 N–H and O–H groups in total. The standard InChI is InChI=1S/C11H22N2O3/c1-9-8-10(2-3-12-9)11(15)13-4-6-16-7-5-14/h9-10,12,14H,2-8H2,1H3,(H,13,15). The molecule has 0 aromatic heterocycles. The molecule has 2 atom stereocenters. The van der Waals surface area contributed by atoms with Crippen molar-refractivity contribution in [3.8, 4) is 0 Å². The summed E-state index contributed by atoms with van der Waals surface area (Å²) in [6, 6.07) is 0.426. The van der Waals surface area contributed by atoms with E-state index in [-0.39, 0.29) is 18.4 Å². The van der Waals surface area contributed by atoms with Gasteiger partial charge in [0.2, 0.25) is 5.91 Å². The van der Waals surface area contributed by atoms with E-state index in [2.05, 4.69) is 17.6 Å². The number of hydrogen-bond donors (Lipinski definition) is 3. The van der Waals surface area contributed by atoms with Crippen LogP contribution in [-0.4, -0.2) is 50.0 Å². The fourth-order valence-corrected chi connectivity index (χ4v) is 1.93. The smallest absolute Gasteiger partial charge is 0.223 e. The van der Waals surface area contributed by atoms with Crippen LogP contribution in [0.5, 0.6) is 0 Å². The lowest BCUT2D eigenvalue weighted by molar-refractivity contribution is -0.126. The van der Waals surface area contributed by atoms with Crippen LogP contribution in [0.25, 0.3) is 0 Å². The molecular formula is C11H22N2O3. The highest BCUT2D eigenvalue weighted by molar-refractivity contribution is 5.78. The Morgan fingerprint density at radius 1 is 1.56 bits per heavy atom. The Hall–Kier alpha value is -0.650. The minimum atomic E-state index is 0.0275. The van der Waals surface area contributed by atoms with E-state index < -0.39 is 0 Å². The van der Waals surface area contributed by atoms with Crippen LogP contribution in [0, 0.1) is 5.92 Å². The third-order valence-corrected chi connectivity index (χ3v) is 2.78. The van der Waals surface area contributed by atoms with Gasteiger partial charge in [0.05, 0.1) is 19.8 Å². The Morgan fingerprint density at radius 2 is 2.38 bits per heavy atom. The van der Waals surface area contributed by atoms with Crippen LogP contribution in [0.15, 0.2) is 0 Å². The quantitative estimate of drug-likeness (QED) is 0.538. The van der Waals surface area contributed by atoms with Crippen molar-refractivity contribution in [2.75, 3.05) is 32.9 Å². The number of carbonyl (C=O) groups is 1. The van der Waals surface area contributed by atoms with Crippen LogP contribution in [0.1, 0.15) is 19.8 Å². The van der Waals surface area contributed by atoms with Crippen molar-refractivity contribution in [2.24, 2.45) is 5.92 Å². The van der Waals surface area contributed by atoms with E-state index in [1.807, 2.05) is 0 Å². The summed E-state index contributed by atoms with van der Waals surface area (Å²) in [6.07, 6.45) is 1.82. The molecule has 1 heterocycles. The van der Waals surface area contributed by atoms with E-state index >= 15 is 0 Å². The van der Waals surface area contributed by atoms with Gasteiger partial charge >= 0.3 is 0 Å². The summed E-state index contributed by atoms with van der Waals surface area (Å²) < 4.78 is 5.06. The number of aliphatic hydroxyl groups is 1. The maximum Gasteiger partial charge on any atom is 0.223 e. The molecule has 0 saturated carbocycles. The van der Waals surface area contributed by atoms with E-state index in [1.54, 1.807) is 0 Å². The van der Waals surface area contributed by atoms with E-state index in [1.165, 1.54) is 0 Å². The number of hydrogen-bond acceptors (Lipinski definition) is 4. The predicted molar refractivity (Wildman–Crippen MR) is 61.1 cm³/mol. The van der Waals surface area contributed by atoms with Crippen molar-refractivity contribution in [2.45, 2.75) is 25.8 Å². The summed E-state index contributed by atoms with van der Waals surface area (Å²) in [4.78, 5) is 11.7. The largest absolute Gasteiger partial charge is 0.394 e. The number of rotatable bonds is 6. The molecule has 1 aliphatic rings. The van der Waals surface area contributed by atoms with Crippen molar-refractivity contribution in [1.29, 1.82) is 0 Å². The summed E-state index contributed by atoms with van der Waals surface area (Å²) in [5, 5.41) is 14.7. The lowest BCUT2D eigenvalue weighted by atomic mass is 9.92. The first-order valence-corrected chi connectivity index (χ1v) is 5.93. The molecule has 1 saturated heterocycles. The number of carbonyl (C=O) groups excluding carboxylic acids is 1. The van der Waals surface area contributed by atoms with Crippen LogP contribution < -0.4 is 10.6 Å². The average Bonchev–Trinajstić information content (AvgIpc) is 2.28. The fourth-order valence-electron chi connectivity index (χ4n) is 1.93. The number of nitrogens with one attached hydrogen (secondary N) is 2. The monoisotopic (exact) mass is 230 g/mol. The SMILES string of the molecule is CC1CC(C(=O)NCCOCCO)CCN1. The van der Waals surface area contributed by atoms with Crippen molar-refractivity contribution in [1.82, 2.24) is 10.6 Å². The van der Waals surface area contributed by atoms with Crippen LogP contribution in [-0.2, 0) is 9.53 Å². The summed E-state index contributed by atoms with van der Waals surface area (Å²) in [5.74, 6) is 0.259. The second-order valence-electron chi connectivity index (χ2n) is 4.20. The minimum absolute atomic E-state index is 0.0275. The molecule has 0 aromatic carbocycles. The zero-order valence-electron chi connectivity index (χ0n) is 9.87. The molecule has 1 amide bonds. The first-order valence-electron chi connectivity index (χ1n) is 5.93. The molecular weight excluding hydrogens is 208 g/mol. The van der Waals surface area contributed by atoms with Crippen molar-refractivity contribution in [3.63, 3.8) is 0 Å². The second-order valence-corrected chi connectivity index (χ2v) is 4.20. The molecule has 0 spiro atoms. The number of ether oxygens (including phenoxy) is 1. The Kier molecular flexibility index (Phi) is 6.37. The van der Waals surface area contributed by atoms with Gasteiger partial charge in [0.15, 0.2) is 0 Å². The highest BCUT2D eigenvalue weighted by Crippen LogP contribution is 2.15. The highest BCUT2D eigenvalue weighted by Gasteiger charge is 2.23. The van der Waals surface area contributed by atoms with Gasteiger partial charge in [-0.25, -0.2) is 0 Å². The lowest BCUT2D eigenvalue weighted by Gasteiger charge is -2.27. The topological polar surface area (TPSA) is 70.6 Å². The predicted octanol–water partition coefficient (Wildman–Crippen LogP) is -0.500. The summed E-state index contributed by atoms with van der Waals surface area (Å²) >= 11 is 0. The number of aliphatic hydroxyl groups excluding tert-OH is 1. The van der Waals surface area contributed by atoms with Gasteiger partial charge in [-0.05, 0) is 26.3 Å². The molecule has 0 bridgehead atoms. The Balaban J connectivity index is 2.09. The van der Waals surface area contributed by atoms with Gasteiger partial charge in [-0.1, -0.05) is 0 Å². The molecule has 0 radical (unpaired) electrons. The third-order valence-electron chi connectivity index (χ3n) is 2.78. The van der Waals surface area contributed by atoms with Gasteiger partial charge in [0.25, 0.3) is 0 Å². The Morgan fingerprint density at radius 3 is 3.06 bits per heavy atom. The molecule has 1 fully saturated rings. The highest BCUT2D eigenvalue weighted by atomic mass is 16.5. The van der Waals surface area contributed by atoms with Crippen molar-refractivity contribution >= 4 is 5.91 Å². The van der Waals surface area contributed by atoms with Gasteiger partial charge in [0.1, 0.15) is 0 Å². The zero-order valence-corrected chi connectivity index (χ0v) is 9.87. The maximum atomic E-state index is 11.7. The molecule has 1 aliphatic heterocycles. The van der Waals surface area contributed by atoms with Crippen LogP contribution >= 0.6 is 0 Å². The third kappa shape index (κ3) is 4.92. The fraction of sp³-hybridized carbons (Fsp3) is 0.909. The van der Waals surface area contributed by atoms with Gasteiger partial charge in [0, 0.05) is 18.5 Å². The van der Waals surface area contributed by atoms with E-state index in [4.69, 9.17) is 9.84 Å². The van der Waals surface area contributed by atoms with E-state index in [9.17, 15) is 4.79 Å². The first kappa shape index (κ1) is 13.4. The zero-order chi connectivity index (χ0) is 11.8. The molecule has 0 aliphatic carbocycles. The van der Waals surface area contributed by atoms with Gasteiger partial charge in [-0.2, -0.15) is 0 Å². The summed E-state index contributed by atoms with van der Waals surface area (Å²) in [7, 11) is 0. The second kappa shape index (κ2) is 7.60. The van der Waals surface area contributed by atoms with Crippen LogP contribution in [0.2, 0.25) is 0 Å².